The van der Waals surface area contributed by atoms with E-state index in [0.29, 0.717) is 6.42 Å². The standard InChI is InChI=1S/C17H20F3NO2/c1-11-10-13(22)8-9-14(11)16(23)21(2)15(17(18,19)20)12-6-4-3-5-7-12/h3-7,11,14-15H,8-10H2,1-2H3/t11-,14-,15-/m1/s1. The van der Waals surface area contributed by atoms with Crippen LogP contribution < -0.4 is 0 Å². The van der Waals surface area contributed by atoms with Crippen molar-refractivity contribution in [3.05, 3.63) is 35.9 Å². The van der Waals surface area contributed by atoms with Gasteiger partial charge in [-0.3, -0.25) is 9.59 Å². The van der Waals surface area contributed by atoms with Crippen molar-refractivity contribution >= 4 is 11.7 Å². The van der Waals surface area contributed by atoms with Crippen molar-refractivity contribution in [1.82, 2.24) is 4.90 Å². The smallest absolute Gasteiger partial charge is 0.330 e. The molecule has 0 unspecified atom stereocenters. The van der Waals surface area contributed by atoms with E-state index in [0.717, 1.165) is 4.90 Å². The van der Waals surface area contributed by atoms with E-state index in [2.05, 4.69) is 0 Å². The number of carbonyl (C=O) groups is 2. The number of halogens is 3. The fourth-order valence-electron chi connectivity index (χ4n) is 3.23. The van der Waals surface area contributed by atoms with Crippen LogP contribution in [0, 0.1) is 11.8 Å². The lowest BCUT2D eigenvalue weighted by molar-refractivity contribution is -0.191. The minimum atomic E-state index is -4.56. The summed E-state index contributed by atoms with van der Waals surface area (Å²) in [6.45, 7) is 1.75. The first kappa shape index (κ1) is 17.5. The second-order valence-corrected chi connectivity index (χ2v) is 6.17. The second-order valence-electron chi connectivity index (χ2n) is 6.17. The van der Waals surface area contributed by atoms with Gasteiger partial charge in [-0.25, -0.2) is 0 Å². The molecule has 6 heteroatoms. The largest absolute Gasteiger partial charge is 0.413 e. The minimum absolute atomic E-state index is 0.0374. The fraction of sp³-hybridized carbons (Fsp3) is 0.529. The summed E-state index contributed by atoms with van der Waals surface area (Å²) in [4.78, 5) is 24.8. The lowest BCUT2D eigenvalue weighted by Crippen LogP contribution is -2.45. The maximum atomic E-state index is 13.5. The molecule has 1 aliphatic carbocycles. The predicted octanol–water partition coefficient (Wildman–Crippen LogP) is 3.75. The number of ketones is 1. The number of rotatable bonds is 3. The van der Waals surface area contributed by atoms with E-state index in [1.165, 1.54) is 31.3 Å². The number of hydrogen-bond acceptors (Lipinski definition) is 2. The number of hydrogen-bond donors (Lipinski definition) is 0. The van der Waals surface area contributed by atoms with Crippen molar-refractivity contribution in [2.75, 3.05) is 7.05 Å². The second kappa shape index (κ2) is 6.72. The van der Waals surface area contributed by atoms with E-state index >= 15 is 0 Å². The molecule has 0 saturated heterocycles. The summed E-state index contributed by atoms with van der Waals surface area (Å²) in [6.07, 6.45) is -3.72. The lowest BCUT2D eigenvalue weighted by atomic mass is 9.79. The topological polar surface area (TPSA) is 37.4 Å². The van der Waals surface area contributed by atoms with Gasteiger partial charge in [0.2, 0.25) is 5.91 Å². The van der Waals surface area contributed by atoms with Crippen molar-refractivity contribution in [3.63, 3.8) is 0 Å². The van der Waals surface area contributed by atoms with Crippen LogP contribution in [0.5, 0.6) is 0 Å². The van der Waals surface area contributed by atoms with Crippen molar-refractivity contribution in [3.8, 4) is 0 Å². The van der Waals surface area contributed by atoms with Gasteiger partial charge in [-0.05, 0) is 17.9 Å². The fourth-order valence-corrected chi connectivity index (χ4v) is 3.23. The van der Waals surface area contributed by atoms with E-state index in [-0.39, 0.29) is 30.1 Å². The molecule has 126 valence electrons. The summed E-state index contributed by atoms with van der Waals surface area (Å²) in [5.41, 5.74) is 0.0374. The third-order valence-electron chi connectivity index (χ3n) is 4.45. The van der Waals surface area contributed by atoms with Crippen LogP contribution in [-0.2, 0) is 9.59 Å². The van der Waals surface area contributed by atoms with Crippen molar-refractivity contribution < 1.29 is 22.8 Å². The molecule has 0 heterocycles. The molecule has 2 rings (SSSR count). The third kappa shape index (κ3) is 3.92. The Balaban J connectivity index is 2.25. The quantitative estimate of drug-likeness (QED) is 0.848. The van der Waals surface area contributed by atoms with Crippen molar-refractivity contribution in [2.24, 2.45) is 11.8 Å². The number of alkyl halides is 3. The number of amides is 1. The van der Waals surface area contributed by atoms with Crippen LogP contribution in [0.15, 0.2) is 30.3 Å². The molecule has 3 nitrogen and oxygen atoms in total. The highest BCUT2D eigenvalue weighted by Crippen LogP contribution is 2.39. The third-order valence-corrected chi connectivity index (χ3v) is 4.45. The molecule has 23 heavy (non-hydrogen) atoms. The Morgan fingerprint density at radius 3 is 2.39 bits per heavy atom. The normalized spacial score (nSPS) is 23.4. The average molecular weight is 327 g/mol. The summed E-state index contributed by atoms with van der Waals surface area (Å²) < 4.78 is 40.5. The van der Waals surface area contributed by atoms with E-state index in [9.17, 15) is 22.8 Å². The number of Topliss-reactive ketones (excluding diaryl/α,β-unsaturated/α-hetero) is 1. The first-order valence-corrected chi connectivity index (χ1v) is 7.62. The molecule has 1 aliphatic rings. The number of carbonyl (C=O) groups excluding carboxylic acids is 2. The predicted molar refractivity (Wildman–Crippen MR) is 79.5 cm³/mol. The van der Waals surface area contributed by atoms with Crippen LogP contribution in [-0.4, -0.2) is 29.8 Å². The average Bonchev–Trinajstić information content (AvgIpc) is 2.46. The molecular formula is C17H20F3NO2. The summed E-state index contributed by atoms with van der Waals surface area (Å²) in [7, 11) is 1.19. The first-order valence-electron chi connectivity index (χ1n) is 7.62. The van der Waals surface area contributed by atoms with Gasteiger partial charge in [0.05, 0.1) is 0 Å². The molecule has 1 aromatic carbocycles. The van der Waals surface area contributed by atoms with Crippen LogP contribution >= 0.6 is 0 Å². The van der Waals surface area contributed by atoms with E-state index in [4.69, 9.17) is 0 Å². The molecule has 1 fully saturated rings. The van der Waals surface area contributed by atoms with Crippen molar-refractivity contribution in [2.45, 2.75) is 38.4 Å². The Bertz CT molecular complexity index is 571. The van der Waals surface area contributed by atoms with Crippen LogP contribution in [0.2, 0.25) is 0 Å². The van der Waals surface area contributed by atoms with Gasteiger partial charge in [-0.15, -0.1) is 0 Å². The number of nitrogens with zero attached hydrogens (tertiary/aromatic N) is 1. The zero-order chi connectivity index (χ0) is 17.2. The minimum Gasteiger partial charge on any atom is -0.330 e. The van der Waals surface area contributed by atoms with Crippen molar-refractivity contribution in [1.29, 1.82) is 0 Å². The van der Waals surface area contributed by atoms with Gasteiger partial charge < -0.3 is 4.90 Å². The lowest BCUT2D eigenvalue weighted by Gasteiger charge is -2.36. The molecule has 1 aromatic rings. The molecular weight excluding hydrogens is 307 g/mol. The van der Waals surface area contributed by atoms with Crippen LogP contribution in [0.25, 0.3) is 0 Å². The van der Waals surface area contributed by atoms with Crippen LogP contribution in [0.1, 0.15) is 37.8 Å². The van der Waals surface area contributed by atoms with E-state index in [1.54, 1.807) is 13.0 Å². The highest BCUT2D eigenvalue weighted by Gasteiger charge is 2.47. The van der Waals surface area contributed by atoms with Gasteiger partial charge >= 0.3 is 6.18 Å². The van der Waals surface area contributed by atoms with Gasteiger partial charge in [0.15, 0.2) is 6.04 Å². The Hall–Kier alpha value is -1.85. The van der Waals surface area contributed by atoms with Gasteiger partial charge in [-0.1, -0.05) is 37.3 Å². The molecule has 1 saturated carbocycles. The molecule has 0 radical (unpaired) electrons. The SMILES string of the molecule is C[C@@H]1CC(=O)CC[C@H]1C(=O)N(C)[C@H](c1ccccc1)C(F)(F)F. The van der Waals surface area contributed by atoms with E-state index in [1.807, 2.05) is 0 Å². The summed E-state index contributed by atoms with van der Waals surface area (Å²) >= 11 is 0. The van der Waals surface area contributed by atoms with Gasteiger partial charge in [0, 0.05) is 25.8 Å². The first-order chi connectivity index (χ1) is 10.7. The highest BCUT2D eigenvalue weighted by molar-refractivity contribution is 5.85. The molecule has 0 spiro atoms. The summed E-state index contributed by atoms with van der Waals surface area (Å²) in [5.74, 6) is -1.24. The van der Waals surface area contributed by atoms with Gasteiger partial charge in [0.25, 0.3) is 0 Å². The Labute approximate surface area is 133 Å². The zero-order valence-electron chi connectivity index (χ0n) is 13.1. The van der Waals surface area contributed by atoms with Gasteiger partial charge in [-0.2, -0.15) is 13.2 Å². The monoisotopic (exact) mass is 327 g/mol. The molecule has 0 N–H and O–H groups in total. The Morgan fingerprint density at radius 2 is 1.87 bits per heavy atom. The van der Waals surface area contributed by atoms with Crippen LogP contribution in [0.3, 0.4) is 0 Å². The summed E-state index contributed by atoms with van der Waals surface area (Å²) in [6, 6.07) is 5.45. The van der Waals surface area contributed by atoms with E-state index < -0.39 is 24.0 Å². The maximum absolute atomic E-state index is 13.5. The molecule has 3 atom stereocenters. The molecule has 0 bridgehead atoms. The van der Waals surface area contributed by atoms with Gasteiger partial charge in [0.1, 0.15) is 5.78 Å². The molecule has 0 aliphatic heterocycles. The molecule has 0 aromatic heterocycles. The number of benzene rings is 1. The highest BCUT2D eigenvalue weighted by atomic mass is 19.4. The zero-order valence-corrected chi connectivity index (χ0v) is 13.1. The molecule has 1 amide bonds. The Kier molecular flexibility index (Phi) is 5.12. The Morgan fingerprint density at radius 1 is 1.26 bits per heavy atom. The van der Waals surface area contributed by atoms with Crippen LogP contribution in [0.4, 0.5) is 13.2 Å². The maximum Gasteiger partial charge on any atom is 0.413 e. The summed E-state index contributed by atoms with van der Waals surface area (Å²) in [5, 5.41) is 0.